The number of amides is 2. The normalized spacial score (nSPS) is 18.5. The van der Waals surface area contributed by atoms with E-state index in [1.54, 1.807) is 36.2 Å². The fraction of sp³-hybridized carbons (Fsp3) is 0.389. The lowest BCUT2D eigenvalue weighted by molar-refractivity contribution is -0.128. The molecule has 2 aliphatic rings. The number of piperazine rings is 1. The van der Waals surface area contributed by atoms with Crippen LogP contribution < -0.4 is 21.2 Å². The van der Waals surface area contributed by atoms with Crippen molar-refractivity contribution in [3.05, 3.63) is 82.6 Å². The number of anilines is 2. The monoisotopic (exact) mass is 670 g/mol. The molecule has 0 spiro atoms. The van der Waals surface area contributed by atoms with E-state index in [1.165, 1.54) is 27.7 Å². The quantitative estimate of drug-likeness (QED) is 0.315. The molecule has 2 amide bonds. The van der Waals surface area contributed by atoms with E-state index in [9.17, 15) is 14.4 Å². The van der Waals surface area contributed by atoms with Crippen molar-refractivity contribution >= 4 is 34.4 Å². The molecule has 1 unspecified atom stereocenters. The van der Waals surface area contributed by atoms with Gasteiger partial charge >= 0.3 is 5.69 Å². The van der Waals surface area contributed by atoms with E-state index >= 15 is 8.78 Å². The maximum atomic E-state index is 16.4. The summed E-state index contributed by atoms with van der Waals surface area (Å²) in [5.74, 6) is -2.10. The van der Waals surface area contributed by atoms with Gasteiger partial charge in [-0.05, 0) is 69.4 Å². The van der Waals surface area contributed by atoms with Crippen molar-refractivity contribution in [3.8, 4) is 16.9 Å². The van der Waals surface area contributed by atoms with E-state index in [0.29, 0.717) is 42.9 Å². The number of halogens is 2. The molecule has 3 atom stereocenters. The van der Waals surface area contributed by atoms with Gasteiger partial charge in [-0.15, -0.1) is 0 Å². The Balaban J connectivity index is 1.73. The Bertz CT molecular complexity index is 2050. The number of rotatable bonds is 4. The second-order valence-electron chi connectivity index (χ2n) is 13.2. The van der Waals surface area contributed by atoms with E-state index in [-0.39, 0.29) is 70.2 Å². The zero-order chi connectivity index (χ0) is 35.3. The zero-order valence-corrected chi connectivity index (χ0v) is 28.3. The second kappa shape index (κ2) is 13.1. The molecular weight excluding hydrogens is 630 g/mol. The van der Waals surface area contributed by atoms with E-state index in [1.807, 2.05) is 32.6 Å². The third-order valence-electron chi connectivity index (χ3n) is 9.33. The molecule has 4 aromatic rings. The molecule has 6 rings (SSSR count). The molecule has 3 aromatic heterocycles. The summed E-state index contributed by atoms with van der Waals surface area (Å²) in [6.45, 7) is 13.6. The molecule has 1 saturated heterocycles. The van der Waals surface area contributed by atoms with Crippen LogP contribution >= 0.6 is 0 Å². The Hall–Kier alpha value is -5.04. The van der Waals surface area contributed by atoms with Crippen molar-refractivity contribution in [1.29, 1.82) is 0 Å². The number of carbonyl (C=O) groups excluding carboxylic acids is 2. The molecule has 2 N–H and O–H groups in total. The van der Waals surface area contributed by atoms with Crippen LogP contribution in [0.5, 0.6) is 0 Å². The van der Waals surface area contributed by atoms with E-state index in [4.69, 9.17) is 10.7 Å². The first-order chi connectivity index (χ1) is 23.3. The predicted octanol–water partition coefficient (Wildman–Crippen LogP) is 4.48. The van der Waals surface area contributed by atoms with Crippen LogP contribution in [0, 0.1) is 11.6 Å². The van der Waals surface area contributed by atoms with Gasteiger partial charge in [0.05, 0.1) is 28.5 Å². The Morgan fingerprint density at radius 2 is 1.82 bits per heavy atom. The van der Waals surface area contributed by atoms with Crippen molar-refractivity contribution < 1.29 is 18.4 Å². The van der Waals surface area contributed by atoms with Gasteiger partial charge in [0, 0.05) is 43.5 Å². The first kappa shape index (κ1) is 33.8. The van der Waals surface area contributed by atoms with E-state index in [0.717, 1.165) is 0 Å². The summed E-state index contributed by atoms with van der Waals surface area (Å²) in [4.78, 5) is 59.9. The average molecular weight is 671 g/mol. The zero-order valence-electron chi connectivity index (χ0n) is 28.3. The number of carbonyl (C=O) groups is 2. The Kier molecular flexibility index (Phi) is 9.05. The van der Waals surface area contributed by atoms with Crippen LogP contribution in [0.1, 0.15) is 58.2 Å². The van der Waals surface area contributed by atoms with Crippen molar-refractivity contribution in [3.63, 3.8) is 0 Å². The Morgan fingerprint density at radius 3 is 2.51 bits per heavy atom. The SMILES string of the molecule is C=CC(=O)N1C[C@H](C)N(c2nc(=O)n3c4nc(c(F)cc24)-c2c(F)cccc2CCCN(C(=O)C(C)N)c2ccnc(C(C)C)c2-3)C[C@H]1C. The molecule has 1 aromatic carbocycles. The highest BCUT2D eigenvalue weighted by atomic mass is 19.1. The topological polar surface area (TPSA) is 131 Å². The molecule has 0 saturated carbocycles. The number of aromatic nitrogens is 4. The molecule has 11 nitrogen and oxygen atoms in total. The molecule has 49 heavy (non-hydrogen) atoms. The molecule has 0 radical (unpaired) electrons. The highest BCUT2D eigenvalue weighted by Crippen LogP contribution is 2.38. The van der Waals surface area contributed by atoms with Gasteiger partial charge in [0.1, 0.15) is 23.1 Å². The van der Waals surface area contributed by atoms with Crippen LogP contribution in [0.2, 0.25) is 0 Å². The number of benzene rings is 1. The number of aryl methyl sites for hydroxylation is 1. The van der Waals surface area contributed by atoms with Gasteiger partial charge in [0.25, 0.3) is 0 Å². The smallest absolute Gasteiger partial charge is 0.349 e. The lowest BCUT2D eigenvalue weighted by Crippen LogP contribution is -2.58. The predicted molar refractivity (Wildman–Crippen MR) is 185 cm³/mol. The van der Waals surface area contributed by atoms with Gasteiger partial charge in [0.15, 0.2) is 5.65 Å². The first-order valence-corrected chi connectivity index (χ1v) is 16.5. The summed E-state index contributed by atoms with van der Waals surface area (Å²) in [6.07, 6.45) is 3.53. The molecule has 1 fully saturated rings. The standard InChI is InChI=1S/C36H40F2N8O3/c1-7-28(47)44-17-21(5)45(18-20(44)4)33-24-16-26(38)31-29-23(10-8-12-25(29)37)11-9-15-43(35(48)22(6)39)27-13-14-40-30(19(2)3)32(27)46(34(24)41-31)36(49)42-33/h7-8,10,12-14,16,19-22H,1,9,11,15,17-18,39H2,2-6H3/t20-,21+,22?/m1/s1. The molecule has 256 valence electrons. The number of fused-ring (bicyclic) bond motifs is 5. The number of nitrogens with two attached hydrogens (primary N) is 1. The minimum absolute atomic E-state index is 0.0149. The molecule has 2 bridgehead atoms. The molecule has 13 heteroatoms. The first-order valence-electron chi connectivity index (χ1n) is 16.5. The summed E-state index contributed by atoms with van der Waals surface area (Å²) in [6, 6.07) is 5.92. The third-order valence-corrected chi connectivity index (χ3v) is 9.33. The number of pyridine rings is 2. The second-order valence-corrected chi connectivity index (χ2v) is 13.2. The molecule has 2 aliphatic heterocycles. The fourth-order valence-electron chi connectivity index (χ4n) is 6.94. The maximum Gasteiger partial charge on any atom is 0.355 e. The van der Waals surface area contributed by atoms with Crippen LogP contribution in [0.25, 0.3) is 28.0 Å². The van der Waals surface area contributed by atoms with E-state index in [2.05, 4.69) is 16.5 Å². The van der Waals surface area contributed by atoms with Crippen molar-refractivity contribution in [2.24, 2.45) is 5.73 Å². The minimum Gasteiger partial charge on any atom is -0.349 e. The summed E-state index contributed by atoms with van der Waals surface area (Å²) < 4.78 is 33.4. The van der Waals surface area contributed by atoms with Crippen molar-refractivity contribution in [2.75, 3.05) is 29.4 Å². The summed E-state index contributed by atoms with van der Waals surface area (Å²) in [7, 11) is 0. The van der Waals surface area contributed by atoms with Gasteiger partial charge in [0.2, 0.25) is 11.8 Å². The Morgan fingerprint density at radius 1 is 1.06 bits per heavy atom. The largest absolute Gasteiger partial charge is 0.355 e. The van der Waals surface area contributed by atoms with Gasteiger partial charge in [-0.25, -0.2) is 23.1 Å². The van der Waals surface area contributed by atoms with Gasteiger partial charge < -0.3 is 20.4 Å². The van der Waals surface area contributed by atoms with Gasteiger partial charge in [-0.3, -0.25) is 14.6 Å². The van der Waals surface area contributed by atoms with E-state index < -0.39 is 23.4 Å². The lowest BCUT2D eigenvalue weighted by Gasteiger charge is -2.44. The average Bonchev–Trinajstić information content (AvgIpc) is 3.06. The Labute approximate surface area is 283 Å². The third kappa shape index (κ3) is 5.85. The van der Waals surface area contributed by atoms with Gasteiger partial charge in [-0.1, -0.05) is 32.6 Å². The molecular formula is C36H40F2N8O3. The lowest BCUT2D eigenvalue weighted by atomic mass is 9.97. The van der Waals surface area contributed by atoms with Crippen LogP contribution in [-0.2, 0) is 16.0 Å². The minimum atomic E-state index is -0.871. The highest BCUT2D eigenvalue weighted by molar-refractivity contribution is 5.99. The number of hydrogen-bond acceptors (Lipinski definition) is 8. The summed E-state index contributed by atoms with van der Waals surface area (Å²) in [5.41, 5.74) is 6.80. The van der Waals surface area contributed by atoms with Crippen LogP contribution in [0.15, 0.2) is 54.0 Å². The summed E-state index contributed by atoms with van der Waals surface area (Å²) >= 11 is 0. The molecule has 0 aliphatic carbocycles. The van der Waals surface area contributed by atoms with Crippen molar-refractivity contribution in [1.82, 2.24) is 24.4 Å². The summed E-state index contributed by atoms with van der Waals surface area (Å²) in [5, 5.41) is 0.202. The molecule has 5 heterocycles. The number of hydrogen-bond donors (Lipinski definition) is 1. The van der Waals surface area contributed by atoms with Gasteiger partial charge in [-0.2, -0.15) is 4.98 Å². The highest BCUT2D eigenvalue weighted by Gasteiger charge is 2.35. The van der Waals surface area contributed by atoms with Crippen LogP contribution in [-0.4, -0.2) is 74.0 Å². The number of nitrogens with zero attached hydrogens (tertiary/aromatic N) is 7. The maximum absolute atomic E-state index is 16.4. The fourth-order valence-corrected chi connectivity index (χ4v) is 6.94. The van der Waals surface area contributed by atoms with Crippen LogP contribution in [0.4, 0.5) is 20.3 Å². The van der Waals surface area contributed by atoms with Crippen molar-refractivity contribution in [2.45, 2.75) is 71.5 Å². The van der Waals surface area contributed by atoms with Crippen LogP contribution in [0.3, 0.4) is 0 Å².